The summed E-state index contributed by atoms with van der Waals surface area (Å²) in [6.45, 7) is 2.06. The van der Waals surface area contributed by atoms with Gasteiger partial charge in [0.1, 0.15) is 5.75 Å². The summed E-state index contributed by atoms with van der Waals surface area (Å²) in [4.78, 5) is 12.1. The van der Waals surface area contributed by atoms with Gasteiger partial charge in [0.05, 0.1) is 6.04 Å². The van der Waals surface area contributed by atoms with Crippen LogP contribution in [0, 0.1) is 0 Å². The van der Waals surface area contributed by atoms with E-state index in [2.05, 4.69) is 23.5 Å². The van der Waals surface area contributed by atoms with Crippen molar-refractivity contribution in [2.75, 3.05) is 6.61 Å². The molecule has 0 bridgehead atoms. The van der Waals surface area contributed by atoms with Gasteiger partial charge in [0.2, 0.25) is 0 Å². The number of ether oxygens (including phenoxy) is 1. The quantitative estimate of drug-likeness (QED) is 0.912. The average Bonchev–Trinajstić information content (AvgIpc) is 2.60. The molecule has 23 heavy (non-hydrogen) atoms. The molecule has 2 aromatic carbocycles. The second kappa shape index (κ2) is 7.32. The van der Waals surface area contributed by atoms with Gasteiger partial charge >= 0.3 is 0 Å². The van der Waals surface area contributed by atoms with Crippen molar-refractivity contribution in [3.8, 4) is 5.75 Å². The number of amides is 1. The van der Waals surface area contributed by atoms with Crippen molar-refractivity contribution in [2.45, 2.75) is 38.6 Å². The highest BCUT2D eigenvalue weighted by atomic mass is 16.5. The number of fused-ring (bicyclic) bond motifs is 1. The van der Waals surface area contributed by atoms with E-state index in [1.807, 2.05) is 37.3 Å². The molecule has 1 atom stereocenters. The van der Waals surface area contributed by atoms with Gasteiger partial charge in [-0.05, 0) is 61.4 Å². The lowest BCUT2D eigenvalue weighted by Gasteiger charge is -2.20. The standard InChI is InChI=1S/C20H23NO2/c1-15(17-12-11-16-7-5-6-8-18(16)13-17)21-20(22)14-23-19-9-3-2-4-10-19/h2-4,9-13,15H,5-8,14H2,1H3,(H,21,22). The molecule has 0 radical (unpaired) electrons. The molecular formula is C20H23NO2. The van der Waals surface area contributed by atoms with Crippen LogP contribution in [0.4, 0.5) is 0 Å². The Balaban J connectivity index is 1.56. The fourth-order valence-corrected chi connectivity index (χ4v) is 3.05. The van der Waals surface area contributed by atoms with Crippen LogP contribution in [-0.4, -0.2) is 12.5 Å². The van der Waals surface area contributed by atoms with Gasteiger partial charge in [0.25, 0.3) is 5.91 Å². The molecular weight excluding hydrogens is 286 g/mol. The van der Waals surface area contributed by atoms with Gasteiger partial charge in [-0.15, -0.1) is 0 Å². The van der Waals surface area contributed by atoms with Crippen LogP contribution in [0.5, 0.6) is 5.75 Å². The summed E-state index contributed by atoms with van der Waals surface area (Å²) < 4.78 is 5.48. The highest BCUT2D eigenvalue weighted by Crippen LogP contribution is 2.24. The van der Waals surface area contributed by atoms with Crippen LogP contribution in [0.15, 0.2) is 48.5 Å². The van der Waals surface area contributed by atoms with Crippen molar-refractivity contribution in [3.05, 3.63) is 65.2 Å². The highest BCUT2D eigenvalue weighted by Gasteiger charge is 2.14. The Hall–Kier alpha value is -2.29. The summed E-state index contributed by atoms with van der Waals surface area (Å²) in [5.74, 6) is 0.614. The first-order valence-electron chi connectivity index (χ1n) is 8.31. The molecule has 0 saturated heterocycles. The van der Waals surface area contributed by atoms with Gasteiger partial charge in [-0.2, -0.15) is 0 Å². The van der Waals surface area contributed by atoms with E-state index in [0.717, 1.165) is 6.42 Å². The van der Waals surface area contributed by atoms with E-state index in [9.17, 15) is 4.79 Å². The van der Waals surface area contributed by atoms with Crippen molar-refractivity contribution in [1.29, 1.82) is 0 Å². The summed E-state index contributed by atoms with van der Waals surface area (Å²) in [5.41, 5.74) is 4.07. The zero-order valence-corrected chi connectivity index (χ0v) is 13.5. The number of aryl methyl sites for hydroxylation is 2. The predicted molar refractivity (Wildman–Crippen MR) is 91.6 cm³/mol. The topological polar surface area (TPSA) is 38.3 Å². The first kappa shape index (κ1) is 15.6. The van der Waals surface area contributed by atoms with E-state index in [1.165, 1.54) is 36.0 Å². The van der Waals surface area contributed by atoms with Gasteiger partial charge in [0.15, 0.2) is 6.61 Å². The zero-order chi connectivity index (χ0) is 16.1. The van der Waals surface area contributed by atoms with Crippen molar-refractivity contribution < 1.29 is 9.53 Å². The normalized spacial score (nSPS) is 14.7. The van der Waals surface area contributed by atoms with Gasteiger partial charge in [-0.3, -0.25) is 4.79 Å². The number of carbonyl (C=O) groups excluding carboxylic acids is 1. The molecule has 1 N–H and O–H groups in total. The summed E-state index contributed by atoms with van der Waals surface area (Å²) in [5, 5.41) is 3.01. The van der Waals surface area contributed by atoms with Crippen LogP contribution in [0.3, 0.4) is 0 Å². The van der Waals surface area contributed by atoms with Crippen LogP contribution in [0.1, 0.15) is 42.5 Å². The third-order valence-electron chi connectivity index (χ3n) is 4.36. The first-order chi connectivity index (χ1) is 11.2. The first-order valence-corrected chi connectivity index (χ1v) is 8.31. The fraction of sp³-hybridized carbons (Fsp3) is 0.350. The Bertz CT molecular complexity index is 667. The lowest BCUT2D eigenvalue weighted by Crippen LogP contribution is -2.31. The minimum absolute atomic E-state index is 0.00546. The van der Waals surface area contributed by atoms with Crippen molar-refractivity contribution in [3.63, 3.8) is 0 Å². The second-order valence-electron chi connectivity index (χ2n) is 6.13. The summed E-state index contributed by atoms with van der Waals surface area (Å²) in [6, 6.07) is 16.0. The lowest BCUT2D eigenvalue weighted by molar-refractivity contribution is -0.123. The van der Waals surface area contributed by atoms with E-state index in [1.54, 1.807) is 0 Å². The summed E-state index contributed by atoms with van der Waals surface area (Å²) in [7, 11) is 0. The Morgan fingerprint density at radius 2 is 1.83 bits per heavy atom. The van der Waals surface area contributed by atoms with E-state index < -0.39 is 0 Å². The Morgan fingerprint density at radius 1 is 1.09 bits per heavy atom. The molecule has 0 aromatic heterocycles. The molecule has 120 valence electrons. The monoisotopic (exact) mass is 309 g/mol. The number of nitrogens with one attached hydrogen (secondary N) is 1. The summed E-state index contributed by atoms with van der Waals surface area (Å²) >= 11 is 0. The molecule has 3 nitrogen and oxygen atoms in total. The largest absolute Gasteiger partial charge is 0.484 e. The molecule has 0 aliphatic heterocycles. The predicted octanol–water partition coefficient (Wildman–Crippen LogP) is 3.82. The maximum atomic E-state index is 12.1. The maximum Gasteiger partial charge on any atom is 0.258 e. The van der Waals surface area contributed by atoms with Gasteiger partial charge in [-0.25, -0.2) is 0 Å². The zero-order valence-electron chi connectivity index (χ0n) is 13.5. The SMILES string of the molecule is CC(NC(=O)COc1ccccc1)c1ccc2c(c1)CCCC2. The lowest BCUT2D eigenvalue weighted by atomic mass is 9.89. The van der Waals surface area contributed by atoms with E-state index in [4.69, 9.17) is 4.74 Å². The number of hydrogen-bond donors (Lipinski definition) is 1. The molecule has 2 aromatic rings. The molecule has 1 aliphatic rings. The number of hydrogen-bond acceptors (Lipinski definition) is 2. The molecule has 3 rings (SSSR count). The highest BCUT2D eigenvalue weighted by molar-refractivity contribution is 5.78. The summed E-state index contributed by atoms with van der Waals surface area (Å²) in [6.07, 6.45) is 4.89. The van der Waals surface area contributed by atoms with Gasteiger partial charge in [-0.1, -0.05) is 36.4 Å². The number of carbonyl (C=O) groups is 1. The Kier molecular flexibility index (Phi) is 4.96. The van der Waals surface area contributed by atoms with Crippen LogP contribution >= 0.6 is 0 Å². The molecule has 1 unspecified atom stereocenters. The van der Waals surface area contributed by atoms with Crippen LogP contribution in [0.2, 0.25) is 0 Å². The minimum atomic E-state index is -0.0981. The number of rotatable bonds is 5. The van der Waals surface area contributed by atoms with Crippen LogP contribution < -0.4 is 10.1 Å². The minimum Gasteiger partial charge on any atom is -0.484 e. The molecule has 0 fully saturated rings. The van der Waals surface area contributed by atoms with Crippen molar-refractivity contribution in [2.24, 2.45) is 0 Å². The van der Waals surface area contributed by atoms with E-state index in [0.29, 0.717) is 5.75 Å². The Morgan fingerprint density at radius 3 is 2.61 bits per heavy atom. The van der Waals surface area contributed by atoms with Crippen LogP contribution in [-0.2, 0) is 17.6 Å². The van der Waals surface area contributed by atoms with E-state index in [-0.39, 0.29) is 18.6 Å². The van der Waals surface area contributed by atoms with E-state index >= 15 is 0 Å². The molecule has 1 amide bonds. The third kappa shape index (κ3) is 4.13. The van der Waals surface area contributed by atoms with Crippen molar-refractivity contribution in [1.82, 2.24) is 5.32 Å². The fourth-order valence-electron chi connectivity index (χ4n) is 3.05. The second-order valence-corrected chi connectivity index (χ2v) is 6.13. The van der Waals surface area contributed by atoms with Crippen LogP contribution in [0.25, 0.3) is 0 Å². The molecule has 1 aliphatic carbocycles. The smallest absolute Gasteiger partial charge is 0.258 e. The number of para-hydroxylation sites is 1. The molecule has 0 heterocycles. The average molecular weight is 309 g/mol. The third-order valence-corrected chi connectivity index (χ3v) is 4.36. The number of benzene rings is 2. The molecule has 0 spiro atoms. The molecule has 0 saturated carbocycles. The van der Waals surface area contributed by atoms with Gasteiger partial charge < -0.3 is 10.1 Å². The Labute approximate surface area is 137 Å². The maximum absolute atomic E-state index is 12.1. The van der Waals surface area contributed by atoms with Crippen molar-refractivity contribution >= 4 is 5.91 Å². The van der Waals surface area contributed by atoms with Gasteiger partial charge in [0, 0.05) is 0 Å². The molecule has 3 heteroatoms.